The van der Waals surface area contributed by atoms with E-state index in [0.29, 0.717) is 0 Å². The van der Waals surface area contributed by atoms with Crippen molar-refractivity contribution in [3.8, 4) is 0 Å². The zero-order valence-electron chi connectivity index (χ0n) is 8.70. The monoisotopic (exact) mass is 212 g/mol. The molecule has 1 heterocycles. The highest BCUT2D eigenvalue weighted by Crippen LogP contribution is 2.13. The highest BCUT2D eigenvalue weighted by Gasteiger charge is 2.25. The number of carboxylic acid groups (broad SMARTS) is 1. The summed E-state index contributed by atoms with van der Waals surface area (Å²) in [6, 6.07) is -0.0930. The average molecular weight is 212 g/mol. The summed E-state index contributed by atoms with van der Waals surface area (Å²) in [7, 11) is 0. The number of aryl methyl sites for hydroxylation is 1. The lowest BCUT2D eigenvalue weighted by atomic mass is 10.2. The Kier molecular flexibility index (Phi) is 3.08. The van der Waals surface area contributed by atoms with Crippen molar-refractivity contribution in [1.29, 1.82) is 0 Å². The number of hydrogen-bond acceptors (Lipinski definition) is 4. The van der Waals surface area contributed by atoms with E-state index in [4.69, 9.17) is 5.11 Å². The van der Waals surface area contributed by atoms with Crippen LogP contribution in [-0.2, 0) is 0 Å². The minimum Gasteiger partial charge on any atom is -0.477 e. The van der Waals surface area contributed by atoms with Gasteiger partial charge in [-0.1, -0.05) is 5.16 Å². The topological polar surface area (TPSA) is 92.4 Å². The van der Waals surface area contributed by atoms with Crippen LogP contribution in [0.4, 0.5) is 0 Å². The van der Waals surface area contributed by atoms with Crippen molar-refractivity contribution in [2.45, 2.75) is 26.8 Å². The Morgan fingerprint density at radius 2 is 2.07 bits per heavy atom. The van der Waals surface area contributed by atoms with Gasteiger partial charge in [-0.25, -0.2) is 4.79 Å². The van der Waals surface area contributed by atoms with E-state index in [-0.39, 0.29) is 23.1 Å². The molecule has 0 saturated carbocycles. The third kappa shape index (κ3) is 2.34. The fourth-order valence-electron chi connectivity index (χ4n) is 1.10. The molecule has 0 radical (unpaired) electrons. The van der Waals surface area contributed by atoms with Gasteiger partial charge in [0.25, 0.3) is 5.91 Å². The molecule has 0 bridgehead atoms. The molecule has 0 aliphatic heterocycles. The first-order chi connectivity index (χ1) is 6.93. The molecule has 0 spiro atoms. The minimum absolute atomic E-state index is 0.0930. The Labute approximate surface area is 86.3 Å². The zero-order valence-corrected chi connectivity index (χ0v) is 8.70. The number of aromatic nitrogens is 1. The summed E-state index contributed by atoms with van der Waals surface area (Å²) in [5, 5.41) is 14.8. The molecule has 0 fully saturated rings. The van der Waals surface area contributed by atoms with Gasteiger partial charge >= 0.3 is 5.97 Å². The van der Waals surface area contributed by atoms with Crippen LogP contribution in [0.25, 0.3) is 0 Å². The first-order valence-corrected chi connectivity index (χ1v) is 4.44. The number of amides is 1. The Balaban J connectivity index is 3.04. The van der Waals surface area contributed by atoms with Crippen LogP contribution in [0.1, 0.15) is 40.5 Å². The van der Waals surface area contributed by atoms with E-state index in [0.717, 1.165) is 0 Å². The van der Waals surface area contributed by atoms with Gasteiger partial charge in [0.05, 0.1) is 5.69 Å². The van der Waals surface area contributed by atoms with Crippen molar-refractivity contribution in [2.75, 3.05) is 0 Å². The highest BCUT2D eigenvalue weighted by molar-refractivity contribution is 6.03. The number of aromatic carboxylic acids is 1. The van der Waals surface area contributed by atoms with Gasteiger partial charge in [0.2, 0.25) is 5.76 Å². The fourth-order valence-corrected chi connectivity index (χ4v) is 1.10. The largest absolute Gasteiger partial charge is 0.477 e. The van der Waals surface area contributed by atoms with Gasteiger partial charge in [-0.05, 0) is 20.8 Å². The zero-order chi connectivity index (χ0) is 11.6. The van der Waals surface area contributed by atoms with Crippen molar-refractivity contribution in [3.63, 3.8) is 0 Å². The van der Waals surface area contributed by atoms with Gasteiger partial charge in [-0.3, -0.25) is 4.79 Å². The summed E-state index contributed by atoms with van der Waals surface area (Å²) < 4.78 is 4.68. The highest BCUT2D eigenvalue weighted by atomic mass is 16.5. The van der Waals surface area contributed by atoms with Gasteiger partial charge in [-0.2, -0.15) is 0 Å². The van der Waals surface area contributed by atoms with Crippen molar-refractivity contribution in [2.24, 2.45) is 0 Å². The second-order valence-electron chi connectivity index (χ2n) is 3.41. The molecule has 6 nitrogen and oxygen atoms in total. The quantitative estimate of drug-likeness (QED) is 0.773. The molecule has 0 aromatic carbocycles. The second kappa shape index (κ2) is 4.12. The van der Waals surface area contributed by atoms with Crippen LogP contribution in [0.3, 0.4) is 0 Å². The summed E-state index contributed by atoms with van der Waals surface area (Å²) in [6.07, 6.45) is 0. The second-order valence-corrected chi connectivity index (χ2v) is 3.41. The van der Waals surface area contributed by atoms with E-state index < -0.39 is 11.9 Å². The summed E-state index contributed by atoms with van der Waals surface area (Å²) >= 11 is 0. The van der Waals surface area contributed by atoms with Crippen LogP contribution >= 0.6 is 0 Å². The molecular formula is C9H12N2O4. The molecule has 82 valence electrons. The molecule has 0 aliphatic carbocycles. The first-order valence-electron chi connectivity index (χ1n) is 4.44. The van der Waals surface area contributed by atoms with Gasteiger partial charge in [0.15, 0.2) is 0 Å². The maximum absolute atomic E-state index is 11.5. The molecule has 0 atom stereocenters. The van der Waals surface area contributed by atoms with Crippen molar-refractivity contribution in [1.82, 2.24) is 10.5 Å². The summed E-state index contributed by atoms with van der Waals surface area (Å²) in [6.45, 7) is 5.00. The lowest BCUT2D eigenvalue weighted by Gasteiger charge is -2.05. The number of carbonyl (C=O) groups excluding carboxylic acids is 1. The molecule has 1 aromatic rings. The van der Waals surface area contributed by atoms with Crippen LogP contribution in [0, 0.1) is 6.92 Å². The van der Waals surface area contributed by atoms with E-state index >= 15 is 0 Å². The minimum atomic E-state index is -1.22. The normalized spacial score (nSPS) is 10.4. The molecule has 0 saturated heterocycles. The Hall–Kier alpha value is -1.85. The van der Waals surface area contributed by atoms with Crippen molar-refractivity contribution >= 4 is 11.9 Å². The molecule has 15 heavy (non-hydrogen) atoms. The van der Waals surface area contributed by atoms with Crippen molar-refractivity contribution in [3.05, 3.63) is 17.0 Å². The SMILES string of the molecule is Cc1noc(C(=O)NC(C)C)c1C(=O)O. The predicted molar refractivity (Wildman–Crippen MR) is 50.8 cm³/mol. The number of carboxylic acids is 1. The lowest BCUT2D eigenvalue weighted by Crippen LogP contribution is -2.30. The molecule has 1 rings (SSSR count). The predicted octanol–water partition coefficient (Wildman–Crippen LogP) is 0.819. The molecule has 0 aliphatic rings. The summed E-state index contributed by atoms with van der Waals surface area (Å²) in [5.41, 5.74) is 0.00422. The Morgan fingerprint density at radius 3 is 2.53 bits per heavy atom. The first kappa shape index (κ1) is 11.2. The number of carbonyl (C=O) groups is 2. The average Bonchev–Trinajstić information content (AvgIpc) is 2.45. The van der Waals surface area contributed by atoms with Gasteiger partial charge in [-0.15, -0.1) is 0 Å². The van der Waals surface area contributed by atoms with E-state index in [1.165, 1.54) is 6.92 Å². The van der Waals surface area contributed by atoms with Gasteiger partial charge in [0, 0.05) is 6.04 Å². The fraction of sp³-hybridized carbons (Fsp3) is 0.444. The van der Waals surface area contributed by atoms with Crippen molar-refractivity contribution < 1.29 is 19.2 Å². The van der Waals surface area contributed by atoms with E-state index in [1.54, 1.807) is 13.8 Å². The summed E-state index contributed by atoms with van der Waals surface area (Å²) in [5.74, 6) is -2.04. The standard InChI is InChI=1S/C9H12N2O4/c1-4(2)10-8(12)7-6(9(13)14)5(3)11-15-7/h4H,1-3H3,(H,10,12)(H,13,14). The number of nitrogens with zero attached hydrogens (tertiary/aromatic N) is 1. The van der Waals surface area contributed by atoms with Crippen LogP contribution in [-0.4, -0.2) is 28.2 Å². The summed E-state index contributed by atoms with van der Waals surface area (Å²) in [4.78, 5) is 22.3. The van der Waals surface area contributed by atoms with Crippen LogP contribution in [0.5, 0.6) is 0 Å². The van der Waals surface area contributed by atoms with Crippen LogP contribution < -0.4 is 5.32 Å². The molecule has 2 N–H and O–H groups in total. The van der Waals surface area contributed by atoms with Gasteiger partial charge in [0.1, 0.15) is 5.56 Å². The molecule has 0 unspecified atom stereocenters. The molecule has 6 heteroatoms. The van der Waals surface area contributed by atoms with E-state index in [9.17, 15) is 9.59 Å². The van der Waals surface area contributed by atoms with E-state index in [1.807, 2.05) is 0 Å². The molecule has 1 aromatic heterocycles. The Morgan fingerprint density at radius 1 is 1.47 bits per heavy atom. The van der Waals surface area contributed by atoms with E-state index in [2.05, 4.69) is 15.0 Å². The third-order valence-corrected chi connectivity index (χ3v) is 1.70. The molecular weight excluding hydrogens is 200 g/mol. The number of nitrogens with one attached hydrogen (secondary N) is 1. The smallest absolute Gasteiger partial charge is 0.341 e. The lowest BCUT2D eigenvalue weighted by molar-refractivity contribution is 0.0686. The maximum atomic E-state index is 11.5. The number of rotatable bonds is 3. The van der Waals surface area contributed by atoms with Crippen LogP contribution in [0.2, 0.25) is 0 Å². The Bertz CT molecular complexity index is 395. The maximum Gasteiger partial charge on any atom is 0.341 e. The molecule has 1 amide bonds. The third-order valence-electron chi connectivity index (χ3n) is 1.70. The number of hydrogen-bond donors (Lipinski definition) is 2. The van der Waals surface area contributed by atoms with Crippen LogP contribution in [0.15, 0.2) is 4.52 Å². The van der Waals surface area contributed by atoms with Gasteiger partial charge < -0.3 is 14.9 Å².